The molecule has 3 heteroatoms. The smallest absolute Gasteiger partial charge is 0.108 e. The predicted molar refractivity (Wildman–Crippen MR) is 75.7 cm³/mol. The van der Waals surface area contributed by atoms with E-state index in [0.717, 1.165) is 13.0 Å². The zero-order valence-electron chi connectivity index (χ0n) is 12.2. The molecule has 1 heterocycles. The Morgan fingerprint density at radius 2 is 2.22 bits per heavy atom. The van der Waals surface area contributed by atoms with Gasteiger partial charge in [0.1, 0.15) is 5.82 Å². The summed E-state index contributed by atoms with van der Waals surface area (Å²) in [5.41, 5.74) is 0.450. The summed E-state index contributed by atoms with van der Waals surface area (Å²) in [4.78, 5) is 4.49. The SMILES string of the molecule is CCNC1CCC(C)(C)CC1n1ccnc1CC. The third-order valence-electron chi connectivity index (χ3n) is 4.25. The first-order valence-corrected chi connectivity index (χ1v) is 7.32. The van der Waals surface area contributed by atoms with Gasteiger partial charge in [0.15, 0.2) is 0 Å². The van der Waals surface area contributed by atoms with Gasteiger partial charge in [-0.3, -0.25) is 0 Å². The van der Waals surface area contributed by atoms with Crippen LogP contribution >= 0.6 is 0 Å². The Balaban J connectivity index is 2.24. The fraction of sp³-hybridized carbons (Fsp3) is 0.800. The molecule has 0 spiro atoms. The van der Waals surface area contributed by atoms with Gasteiger partial charge in [-0.15, -0.1) is 0 Å². The summed E-state index contributed by atoms with van der Waals surface area (Å²) >= 11 is 0. The van der Waals surface area contributed by atoms with Crippen LogP contribution in [-0.4, -0.2) is 22.1 Å². The summed E-state index contributed by atoms with van der Waals surface area (Å²) in [6.07, 6.45) is 8.96. The monoisotopic (exact) mass is 249 g/mol. The van der Waals surface area contributed by atoms with E-state index in [-0.39, 0.29) is 0 Å². The molecule has 0 bridgehead atoms. The summed E-state index contributed by atoms with van der Waals surface area (Å²) in [5.74, 6) is 1.22. The van der Waals surface area contributed by atoms with Crippen molar-refractivity contribution in [2.45, 2.75) is 65.5 Å². The van der Waals surface area contributed by atoms with Crippen LogP contribution < -0.4 is 5.32 Å². The molecule has 0 aliphatic heterocycles. The molecule has 1 aromatic heterocycles. The molecule has 1 aliphatic rings. The lowest BCUT2D eigenvalue weighted by atomic mass is 9.72. The van der Waals surface area contributed by atoms with Crippen LogP contribution in [-0.2, 0) is 6.42 Å². The van der Waals surface area contributed by atoms with E-state index < -0.39 is 0 Å². The van der Waals surface area contributed by atoms with E-state index in [1.807, 2.05) is 6.20 Å². The Bertz CT molecular complexity index is 381. The van der Waals surface area contributed by atoms with Gasteiger partial charge < -0.3 is 9.88 Å². The van der Waals surface area contributed by atoms with Crippen molar-refractivity contribution in [3.05, 3.63) is 18.2 Å². The standard InChI is InChI=1S/C15H27N3/c1-5-14-17-9-10-18(14)13-11-15(3,4)8-7-12(13)16-6-2/h9-10,12-13,16H,5-8,11H2,1-4H3. The molecule has 0 aromatic carbocycles. The Labute approximate surface area is 111 Å². The van der Waals surface area contributed by atoms with Crippen LogP contribution in [0.3, 0.4) is 0 Å². The topological polar surface area (TPSA) is 29.9 Å². The van der Waals surface area contributed by atoms with Gasteiger partial charge in [0, 0.05) is 24.9 Å². The van der Waals surface area contributed by atoms with Gasteiger partial charge in [0.2, 0.25) is 0 Å². The fourth-order valence-corrected chi connectivity index (χ4v) is 3.26. The molecule has 2 unspecified atom stereocenters. The Hall–Kier alpha value is -0.830. The van der Waals surface area contributed by atoms with E-state index in [2.05, 4.69) is 48.8 Å². The molecule has 0 saturated heterocycles. The largest absolute Gasteiger partial charge is 0.330 e. The maximum absolute atomic E-state index is 4.49. The minimum atomic E-state index is 0.450. The first kappa shape index (κ1) is 13.6. The van der Waals surface area contributed by atoms with Crippen molar-refractivity contribution in [2.24, 2.45) is 5.41 Å². The number of likely N-dealkylation sites (N-methyl/N-ethyl adjacent to an activating group) is 1. The summed E-state index contributed by atoms with van der Waals surface area (Å²) < 4.78 is 2.41. The number of aryl methyl sites for hydroxylation is 1. The lowest BCUT2D eigenvalue weighted by Gasteiger charge is -2.42. The minimum absolute atomic E-state index is 0.450. The zero-order valence-corrected chi connectivity index (χ0v) is 12.2. The zero-order chi connectivity index (χ0) is 13.2. The number of hydrogen-bond donors (Lipinski definition) is 1. The number of hydrogen-bond acceptors (Lipinski definition) is 2. The van der Waals surface area contributed by atoms with Crippen molar-refractivity contribution in [3.8, 4) is 0 Å². The molecule has 2 rings (SSSR count). The van der Waals surface area contributed by atoms with Gasteiger partial charge in [0.25, 0.3) is 0 Å². The van der Waals surface area contributed by atoms with Crippen molar-refractivity contribution in [1.29, 1.82) is 0 Å². The maximum atomic E-state index is 4.49. The number of nitrogens with one attached hydrogen (secondary N) is 1. The second kappa shape index (κ2) is 5.43. The van der Waals surface area contributed by atoms with E-state index in [9.17, 15) is 0 Å². The van der Waals surface area contributed by atoms with Crippen LogP contribution in [0.1, 0.15) is 58.8 Å². The lowest BCUT2D eigenvalue weighted by Crippen LogP contribution is -2.44. The van der Waals surface area contributed by atoms with E-state index >= 15 is 0 Å². The molecule has 3 nitrogen and oxygen atoms in total. The van der Waals surface area contributed by atoms with Crippen LogP contribution in [0.5, 0.6) is 0 Å². The molecule has 1 aromatic rings. The van der Waals surface area contributed by atoms with Crippen molar-refractivity contribution >= 4 is 0 Å². The molecule has 0 amide bonds. The Kier molecular flexibility index (Phi) is 4.10. The van der Waals surface area contributed by atoms with Crippen molar-refractivity contribution < 1.29 is 0 Å². The molecule has 1 fully saturated rings. The van der Waals surface area contributed by atoms with Gasteiger partial charge in [-0.05, 0) is 31.2 Å². The van der Waals surface area contributed by atoms with Crippen LogP contribution in [0.2, 0.25) is 0 Å². The molecule has 1 aliphatic carbocycles. The quantitative estimate of drug-likeness (QED) is 0.888. The summed E-state index contributed by atoms with van der Waals surface area (Å²) in [6.45, 7) is 10.2. The molecule has 0 radical (unpaired) electrons. The van der Waals surface area contributed by atoms with Gasteiger partial charge in [-0.1, -0.05) is 27.7 Å². The van der Waals surface area contributed by atoms with Crippen molar-refractivity contribution in [3.63, 3.8) is 0 Å². The van der Waals surface area contributed by atoms with Gasteiger partial charge in [0.05, 0.1) is 6.04 Å². The van der Waals surface area contributed by atoms with Gasteiger partial charge in [-0.25, -0.2) is 4.98 Å². The van der Waals surface area contributed by atoms with Crippen molar-refractivity contribution in [2.75, 3.05) is 6.54 Å². The van der Waals surface area contributed by atoms with Crippen LogP contribution in [0.15, 0.2) is 12.4 Å². The van der Waals surface area contributed by atoms with Crippen LogP contribution in [0.25, 0.3) is 0 Å². The summed E-state index contributed by atoms with van der Waals surface area (Å²) in [5, 5.41) is 3.66. The molecule has 2 atom stereocenters. The van der Waals surface area contributed by atoms with E-state index in [0.29, 0.717) is 17.5 Å². The van der Waals surface area contributed by atoms with Gasteiger partial charge >= 0.3 is 0 Å². The normalized spacial score (nSPS) is 27.3. The molecular weight excluding hydrogens is 222 g/mol. The van der Waals surface area contributed by atoms with E-state index in [1.54, 1.807) is 0 Å². The van der Waals surface area contributed by atoms with Crippen LogP contribution in [0.4, 0.5) is 0 Å². The average Bonchev–Trinajstić information content (AvgIpc) is 2.79. The Morgan fingerprint density at radius 3 is 2.89 bits per heavy atom. The molecular formula is C15H27N3. The molecule has 1 N–H and O–H groups in total. The molecule has 18 heavy (non-hydrogen) atoms. The second-order valence-corrected chi connectivity index (χ2v) is 6.24. The maximum Gasteiger partial charge on any atom is 0.108 e. The fourth-order valence-electron chi connectivity index (χ4n) is 3.26. The third kappa shape index (κ3) is 2.77. The minimum Gasteiger partial charge on any atom is -0.330 e. The van der Waals surface area contributed by atoms with Gasteiger partial charge in [-0.2, -0.15) is 0 Å². The highest BCUT2D eigenvalue weighted by atomic mass is 15.1. The number of nitrogens with zero attached hydrogens (tertiary/aromatic N) is 2. The highest BCUT2D eigenvalue weighted by Gasteiger charge is 2.35. The van der Waals surface area contributed by atoms with E-state index in [1.165, 1.54) is 25.1 Å². The third-order valence-corrected chi connectivity index (χ3v) is 4.25. The summed E-state index contributed by atoms with van der Waals surface area (Å²) in [6, 6.07) is 1.16. The van der Waals surface area contributed by atoms with Crippen molar-refractivity contribution in [1.82, 2.24) is 14.9 Å². The van der Waals surface area contributed by atoms with Crippen LogP contribution in [0, 0.1) is 5.41 Å². The number of aromatic nitrogens is 2. The predicted octanol–water partition coefficient (Wildman–Crippen LogP) is 3.17. The first-order valence-electron chi connectivity index (χ1n) is 7.32. The number of rotatable bonds is 4. The Morgan fingerprint density at radius 1 is 1.44 bits per heavy atom. The second-order valence-electron chi connectivity index (χ2n) is 6.24. The summed E-state index contributed by atoms with van der Waals surface area (Å²) in [7, 11) is 0. The lowest BCUT2D eigenvalue weighted by molar-refractivity contribution is 0.141. The first-order chi connectivity index (χ1) is 8.57. The number of imidazole rings is 1. The molecule has 102 valence electrons. The highest BCUT2D eigenvalue weighted by molar-refractivity contribution is 5.01. The molecule has 1 saturated carbocycles. The van der Waals surface area contributed by atoms with E-state index in [4.69, 9.17) is 0 Å². The highest BCUT2D eigenvalue weighted by Crippen LogP contribution is 2.41. The average molecular weight is 249 g/mol.